The van der Waals surface area contributed by atoms with Gasteiger partial charge in [0.05, 0.1) is 0 Å². The Balaban J connectivity index is 1.87. The maximum atomic E-state index is 9.65. The van der Waals surface area contributed by atoms with Crippen LogP contribution in [0.15, 0.2) is 84.9 Å². The Morgan fingerprint density at radius 2 is 1.27 bits per heavy atom. The lowest BCUT2D eigenvalue weighted by molar-refractivity contribution is 0.299. The zero-order chi connectivity index (χ0) is 17.5. The number of hydrogen-bond acceptors (Lipinski definition) is 1. The molecule has 4 aromatic rings. The van der Waals surface area contributed by atoms with E-state index in [0.717, 1.165) is 0 Å². The predicted octanol–water partition coefficient (Wildman–Crippen LogP) is 5.54. The maximum absolute atomic E-state index is 9.65. The number of rotatable bonds is 3. The molecule has 0 saturated heterocycles. The van der Waals surface area contributed by atoms with E-state index in [1.54, 1.807) is 0 Å². The van der Waals surface area contributed by atoms with E-state index in [9.17, 15) is 5.11 Å². The summed E-state index contributed by atoms with van der Waals surface area (Å²) in [4.78, 5) is 0. The molecule has 0 amide bonds. The first-order chi connectivity index (χ1) is 12.9. The number of hydrogen-bond donors (Lipinski definition) is 1. The third-order valence-corrected chi connectivity index (χ3v) is 5.56. The largest absolute Gasteiger partial charge is 0.396 e. The van der Waals surface area contributed by atoms with Crippen molar-refractivity contribution in [2.45, 2.75) is 12.3 Å². The molecule has 4 aromatic carbocycles. The van der Waals surface area contributed by atoms with Crippen LogP contribution in [0.5, 0.6) is 0 Å². The monoisotopic (exact) mass is 336 g/mol. The van der Waals surface area contributed by atoms with E-state index < -0.39 is 0 Å². The van der Waals surface area contributed by atoms with Crippen LogP contribution < -0.4 is 0 Å². The van der Waals surface area contributed by atoms with Crippen LogP contribution in [0.25, 0.3) is 21.9 Å². The summed E-state index contributed by atoms with van der Waals surface area (Å²) in [5, 5.41) is 12.2. The highest BCUT2D eigenvalue weighted by molar-refractivity contribution is 5.91. The fourth-order valence-corrected chi connectivity index (χ4v) is 4.49. The summed E-state index contributed by atoms with van der Waals surface area (Å²) in [7, 11) is 0. The predicted molar refractivity (Wildman–Crippen MR) is 108 cm³/mol. The first-order valence-electron chi connectivity index (χ1n) is 9.18. The summed E-state index contributed by atoms with van der Waals surface area (Å²) in [6.45, 7) is 0.168. The lowest BCUT2D eigenvalue weighted by Gasteiger charge is -2.21. The third kappa shape index (κ3) is 2.21. The van der Waals surface area contributed by atoms with Crippen molar-refractivity contribution in [3.8, 4) is 11.1 Å². The molecule has 1 aliphatic carbocycles. The van der Waals surface area contributed by atoms with Gasteiger partial charge in [0, 0.05) is 12.5 Å². The van der Waals surface area contributed by atoms with Crippen LogP contribution >= 0.6 is 0 Å². The molecule has 26 heavy (non-hydrogen) atoms. The van der Waals surface area contributed by atoms with Gasteiger partial charge in [-0.15, -0.1) is 0 Å². The Morgan fingerprint density at radius 1 is 0.654 bits per heavy atom. The van der Waals surface area contributed by atoms with Crippen LogP contribution in [0.3, 0.4) is 0 Å². The molecule has 0 heterocycles. The Bertz CT molecular complexity index is 1060. The summed E-state index contributed by atoms with van der Waals surface area (Å²) in [5.74, 6) is 0.218. The van der Waals surface area contributed by atoms with Gasteiger partial charge in [-0.05, 0) is 50.6 Å². The van der Waals surface area contributed by atoms with Crippen molar-refractivity contribution >= 4 is 10.8 Å². The van der Waals surface area contributed by atoms with E-state index in [2.05, 4.69) is 84.9 Å². The summed E-state index contributed by atoms with van der Waals surface area (Å²) < 4.78 is 0. The maximum Gasteiger partial charge on any atom is 0.0471 e. The lowest BCUT2D eigenvalue weighted by Crippen LogP contribution is -2.06. The fraction of sp³-hybridized carbons (Fsp3) is 0.120. The standard InChI is InChI=1S/C25H20O/c26-16-15-18-14-13-17-7-1-2-8-19(17)24(18)25-22-11-5-3-9-20(22)21-10-4-6-12-23(21)25/h1-14,25-26H,15-16H2. The first kappa shape index (κ1) is 15.4. The topological polar surface area (TPSA) is 20.2 Å². The molecule has 126 valence electrons. The minimum Gasteiger partial charge on any atom is -0.396 e. The summed E-state index contributed by atoms with van der Waals surface area (Å²) in [5.41, 5.74) is 7.97. The molecule has 1 nitrogen and oxygen atoms in total. The molecule has 0 saturated carbocycles. The van der Waals surface area contributed by atoms with Crippen LogP contribution in [0.4, 0.5) is 0 Å². The molecule has 1 aliphatic rings. The molecule has 0 radical (unpaired) electrons. The molecule has 0 aromatic heterocycles. The van der Waals surface area contributed by atoms with Crippen molar-refractivity contribution < 1.29 is 5.11 Å². The summed E-state index contributed by atoms with van der Waals surface area (Å²) in [6, 6.07) is 30.4. The van der Waals surface area contributed by atoms with Gasteiger partial charge in [-0.3, -0.25) is 0 Å². The molecule has 0 atom stereocenters. The van der Waals surface area contributed by atoms with Crippen LogP contribution in [-0.2, 0) is 6.42 Å². The fourth-order valence-electron chi connectivity index (χ4n) is 4.49. The third-order valence-electron chi connectivity index (χ3n) is 5.56. The van der Waals surface area contributed by atoms with Crippen LogP contribution in [0.1, 0.15) is 28.2 Å². The van der Waals surface area contributed by atoms with Gasteiger partial charge in [0.25, 0.3) is 0 Å². The van der Waals surface area contributed by atoms with Crippen molar-refractivity contribution in [1.29, 1.82) is 0 Å². The number of aliphatic hydroxyl groups excluding tert-OH is 1. The molecule has 0 aliphatic heterocycles. The highest BCUT2D eigenvalue weighted by Gasteiger charge is 2.31. The molecule has 5 rings (SSSR count). The number of benzene rings is 4. The van der Waals surface area contributed by atoms with Gasteiger partial charge in [-0.25, -0.2) is 0 Å². The molecule has 0 spiro atoms. The lowest BCUT2D eigenvalue weighted by atomic mass is 9.82. The van der Waals surface area contributed by atoms with Crippen LogP contribution in [-0.4, -0.2) is 11.7 Å². The molecule has 1 heteroatoms. The van der Waals surface area contributed by atoms with E-state index in [-0.39, 0.29) is 12.5 Å². The molecular weight excluding hydrogens is 316 g/mol. The van der Waals surface area contributed by atoms with E-state index in [1.165, 1.54) is 44.2 Å². The summed E-state index contributed by atoms with van der Waals surface area (Å²) in [6.07, 6.45) is 0.682. The molecule has 0 bridgehead atoms. The smallest absolute Gasteiger partial charge is 0.0471 e. The highest BCUT2D eigenvalue weighted by Crippen LogP contribution is 2.50. The van der Waals surface area contributed by atoms with Crippen molar-refractivity contribution in [3.05, 3.63) is 107 Å². The molecule has 1 N–H and O–H groups in total. The van der Waals surface area contributed by atoms with Crippen molar-refractivity contribution in [2.75, 3.05) is 6.61 Å². The van der Waals surface area contributed by atoms with Gasteiger partial charge in [0.2, 0.25) is 0 Å². The number of fused-ring (bicyclic) bond motifs is 4. The summed E-state index contributed by atoms with van der Waals surface area (Å²) >= 11 is 0. The van der Waals surface area contributed by atoms with Gasteiger partial charge in [-0.1, -0.05) is 84.9 Å². The average Bonchev–Trinajstić information content (AvgIpc) is 3.03. The molecule has 0 fully saturated rings. The SMILES string of the molecule is OCCc1ccc2ccccc2c1C1c2ccccc2-c2ccccc21. The normalized spacial score (nSPS) is 13.0. The highest BCUT2D eigenvalue weighted by atomic mass is 16.2. The van der Waals surface area contributed by atoms with Gasteiger partial charge in [0.15, 0.2) is 0 Å². The van der Waals surface area contributed by atoms with Crippen LogP contribution in [0.2, 0.25) is 0 Å². The average molecular weight is 336 g/mol. The second-order valence-corrected chi connectivity index (χ2v) is 6.94. The Morgan fingerprint density at radius 3 is 1.96 bits per heavy atom. The van der Waals surface area contributed by atoms with Crippen molar-refractivity contribution in [2.24, 2.45) is 0 Å². The van der Waals surface area contributed by atoms with Gasteiger partial charge >= 0.3 is 0 Å². The molecule has 0 unspecified atom stereocenters. The van der Waals surface area contributed by atoms with Crippen molar-refractivity contribution in [1.82, 2.24) is 0 Å². The minimum atomic E-state index is 0.168. The quantitative estimate of drug-likeness (QED) is 0.459. The van der Waals surface area contributed by atoms with Crippen LogP contribution in [0, 0.1) is 0 Å². The van der Waals surface area contributed by atoms with Gasteiger partial charge < -0.3 is 5.11 Å². The van der Waals surface area contributed by atoms with E-state index in [1.807, 2.05) is 0 Å². The zero-order valence-electron chi connectivity index (χ0n) is 14.5. The van der Waals surface area contributed by atoms with Gasteiger partial charge in [0.1, 0.15) is 0 Å². The Kier molecular flexibility index (Phi) is 3.62. The number of aliphatic hydroxyl groups is 1. The first-order valence-corrected chi connectivity index (χ1v) is 9.18. The van der Waals surface area contributed by atoms with E-state index in [0.29, 0.717) is 6.42 Å². The second kappa shape index (κ2) is 6.12. The second-order valence-electron chi connectivity index (χ2n) is 6.94. The van der Waals surface area contributed by atoms with Crippen molar-refractivity contribution in [3.63, 3.8) is 0 Å². The Labute approximate surface area is 153 Å². The molecular formula is C25H20O. The Hall–Kier alpha value is -2.90. The minimum absolute atomic E-state index is 0.168. The zero-order valence-corrected chi connectivity index (χ0v) is 14.5. The van der Waals surface area contributed by atoms with E-state index >= 15 is 0 Å². The van der Waals surface area contributed by atoms with E-state index in [4.69, 9.17) is 0 Å². The van der Waals surface area contributed by atoms with Gasteiger partial charge in [-0.2, -0.15) is 0 Å².